The van der Waals surface area contributed by atoms with E-state index in [1.807, 2.05) is 29.3 Å². The van der Waals surface area contributed by atoms with Crippen molar-refractivity contribution < 1.29 is 4.21 Å². The van der Waals surface area contributed by atoms with Crippen LogP contribution in [0.4, 0.5) is 0 Å². The van der Waals surface area contributed by atoms with Crippen LogP contribution in [0.5, 0.6) is 0 Å². The normalized spacial score (nSPS) is 12.0. The molecule has 0 N–H and O–H groups in total. The Hall–Kier alpha value is -2.02. The van der Waals surface area contributed by atoms with E-state index in [-0.39, 0.29) is 0 Å². The molecule has 0 fully saturated rings. The number of hydrogen-bond acceptors (Lipinski definition) is 7. The van der Waals surface area contributed by atoms with Crippen molar-refractivity contribution in [2.45, 2.75) is 24.8 Å². The summed E-state index contributed by atoms with van der Waals surface area (Å²) in [6.45, 7) is 2.08. The van der Waals surface area contributed by atoms with E-state index in [1.165, 1.54) is 23.1 Å². The van der Waals surface area contributed by atoms with Crippen molar-refractivity contribution in [2.75, 3.05) is 10.8 Å². The summed E-state index contributed by atoms with van der Waals surface area (Å²) in [6, 6.07) is 4.12. The van der Waals surface area contributed by atoms with Crippen LogP contribution in [0, 0.1) is 11.3 Å². The maximum absolute atomic E-state index is 12.2. The highest BCUT2D eigenvalue weighted by Crippen LogP contribution is 2.34. The van der Waals surface area contributed by atoms with Crippen molar-refractivity contribution in [3.63, 3.8) is 0 Å². The Kier molecular flexibility index (Phi) is 6.77. The number of pyridine rings is 1. The Bertz CT molecular complexity index is 976. The smallest absolute Gasteiger partial charge is 0.141 e. The fourth-order valence-electron chi connectivity index (χ4n) is 2.43. The average molecular weight is 418 g/mol. The first-order valence-corrected chi connectivity index (χ1v) is 11.8. The van der Waals surface area contributed by atoms with E-state index in [9.17, 15) is 9.47 Å². The number of aryl methyl sites for hydroxylation is 1. The fourth-order valence-corrected chi connectivity index (χ4v) is 5.55. The van der Waals surface area contributed by atoms with E-state index in [1.54, 1.807) is 12.5 Å². The molecule has 27 heavy (non-hydrogen) atoms. The molecule has 0 saturated heterocycles. The van der Waals surface area contributed by atoms with Gasteiger partial charge >= 0.3 is 0 Å². The zero-order chi connectivity index (χ0) is 19.2. The van der Waals surface area contributed by atoms with Gasteiger partial charge in [0, 0.05) is 46.9 Å². The van der Waals surface area contributed by atoms with Gasteiger partial charge in [0.15, 0.2) is 0 Å². The summed E-state index contributed by atoms with van der Waals surface area (Å²) in [7, 11) is 0.947. The van der Waals surface area contributed by atoms with Gasteiger partial charge in [0.25, 0.3) is 0 Å². The Morgan fingerprint density at radius 3 is 2.85 bits per heavy atom. The van der Waals surface area contributed by atoms with Crippen LogP contribution in [0.2, 0.25) is 0 Å². The number of nitrogens with zero attached hydrogens (tertiary/aromatic N) is 5. The quantitative estimate of drug-likeness (QED) is 0.514. The van der Waals surface area contributed by atoms with Gasteiger partial charge < -0.3 is 4.57 Å². The maximum atomic E-state index is 12.2. The van der Waals surface area contributed by atoms with Gasteiger partial charge in [0.1, 0.15) is 21.8 Å². The number of rotatable bonds is 8. The van der Waals surface area contributed by atoms with Gasteiger partial charge in [0.05, 0.1) is 22.7 Å². The van der Waals surface area contributed by atoms with Crippen molar-refractivity contribution in [3.05, 3.63) is 35.7 Å². The summed E-state index contributed by atoms with van der Waals surface area (Å²) in [6.07, 6.45) is 7.25. The molecule has 3 rings (SSSR count). The molecule has 0 bridgehead atoms. The van der Waals surface area contributed by atoms with Crippen LogP contribution in [0.15, 0.2) is 35.2 Å². The Morgan fingerprint density at radius 2 is 2.22 bits per heavy atom. The lowest BCUT2D eigenvalue weighted by atomic mass is 10.1. The van der Waals surface area contributed by atoms with Gasteiger partial charge in [-0.2, -0.15) is 5.26 Å². The predicted molar refractivity (Wildman–Crippen MR) is 111 cm³/mol. The molecule has 0 aliphatic rings. The zero-order valence-electron chi connectivity index (χ0n) is 15.1. The van der Waals surface area contributed by atoms with E-state index in [2.05, 4.69) is 27.9 Å². The maximum Gasteiger partial charge on any atom is 0.141 e. The van der Waals surface area contributed by atoms with Gasteiger partial charge in [-0.3, -0.25) is 4.21 Å². The summed E-state index contributed by atoms with van der Waals surface area (Å²) >= 11 is 2.86. The number of nitriles is 1. The van der Waals surface area contributed by atoms with E-state index in [4.69, 9.17) is 0 Å². The molecule has 3 heterocycles. The summed E-state index contributed by atoms with van der Waals surface area (Å²) in [5.74, 6) is 0.671. The van der Waals surface area contributed by atoms with E-state index in [0.717, 1.165) is 23.4 Å². The molecule has 140 valence electrons. The van der Waals surface area contributed by atoms with Crippen LogP contribution in [-0.2, 0) is 17.8 Å². The van der Waals surface area contributed by atoms with Crippen molar-refractivity contribution in [3.8, 4) is 28.0 Å². The minimum absolute atomic E-state index is 0.421. The van der Waals surface area contributed by atoms with Gasteiger partial charge in [-0.25, -0.2) is 15.0 Å². The molecular formula is C18H19N5OS3. The highest BCUT2D eigenvalue weighted by molar-refractivity contribution is 8.10. The lowest BCUT2D eigenvalue weighted by molar-refractivity contribution is 0.682. The Labute approximate surface area is 169 Å². The monoisotopic (exact) mass is 417 g/mol. The van der Waals surface area contributed by atoms with Crippen LogP contribution in [-0.4, -0.2) is 34.6 Å². The standard InChI is InChI=1S/C18H19N5OS3/c1-3-4-7-27(24)12-26-17-14(9-19)13(16-10-23(2)11-21-16)8-15(22-17)18-20-5-6-25-18/h5-6,8,10-11H,3-4,7,12H2,1-2H3. The van der Waals surface area contributed by atoms with Crippen LogP contribution in [0.25, 0.3) is 22.0 Å². The third-order valence-corrected chi connectivity index (χ3v) is 7.41. The van der Waals surface area contributed by atoms with Crippen LogP contribution < -0.4 is 0 Å². The second-order valence-corrected chi connectivity index (χ2v) is 9.67. The molecule has 0 amide bonds. The first-order chi connectivity index (χ1) is 13.1. The minimum atomic E-state index is -0.940. The summed E-state index contributed by atoms with van der Waals surface area (Å²) in [4.78, 5) is 13.4. The molecule has 3 aromatic rings. The van der Waals surface area contributed by atoms with E-state index >= 15 is 0 Å². The average Bonchev–Trinajstić information content (AvgIpc) is 3.35. The SMILES string of the molecule is CCCCS(=O)CSc1nc(-c2nccs2)cc(-c2cn(C)cn2)c1C#N. The summed E-state index contributed by atoms with van der Waals surface area (Å²) in [5.41, 5.74) is 2.60. The topological polar surface area (TPSA) is 84.5 Å². The lowest BCUT2D eigenvalue weighted by Crippen LogP contribution is -2.02. The molecule has 0 aliphatic carbocycles. The highest BCUT2D eigenvalue weighted by Gasteiger charge is 2.18. The van der Waals surface area contributed by atoms with Gasteiger partial charge in [-0.1, -0.05) is 25.1 Å². The van der Waals surface area contributed by atoms with E-state index in [0.29, 0.717) is 32.8 Å². The number of aromatic nitrogens is 4. The van der Waals surface area contributed by atoms with Crippen LogP contribution in [0.3, 0.4) is 0 Å². The van der Waals surface area contributed by atoms with Crippen LogP contribution in [0.1, 0.15) is 25.3 Å². The van der Waals surface area contributed by atoms with Gasteiger partial charge in [-0.05, 0) is 12.5 Å². The fraction of sp³-hybridized carbons (Fsp3) is 0.333. The molecule has 0 spiro atoms. The molecule has 1 unspecified atom stereocenters. The lowest BCUT2D eigenvalue weighted by Gasteiger charge is -2.10. The summed E-state index contributed by atoms with van der Waals surface area (Å²) in [5, 5.41) is 13.4. The van der Waals surface area contributed by atoms with Crippen molar-refractivity contribution in [1.82, 2.24) is 19.5 Å². The Morgan fingerprint density at radius 1 is 1.37 bits per heavy atom. The molecule has 0 saturated carbocycles. The molecule has 0 aromatic carbocycles. The molecule has 1 atom stereocenters. The second-order valence-electron chi connectivity index (χ2n) is 5.87. The zero-order valence-corrected chi connectivity index (χ0v) is 17.5. The molecular weight excluding hydrogens is 398 g/mol. The molecule has 0 radical (unpaired) electrons. The van der Waals surface area contributed by atoms with Gasteiger partial charge in [0.2, 0.25) is 0 Å². The highest BCUT2D eigenvalue weighted by atomic mass is 32.2. The van der Waals surface area contributed by atoms with Crippen molar-refractivity contribution in [1.29, 1.82) is 5.26 Å². The molecule has 9 heteroatoms. The number of thiazole rings is 1. The number of thioether (sulfide) groups is 1. The van der Waals surface area contributed by atoms with Crippen molar-refractivity contribution in [2.24, 2.45) is 7.05 Å². The Balaban J connectivity index is 2.01. The number of unbranched alkanes of at least 4 members (excludes halogenated alkanes) is 1. The third kappa shape index (κ3) is 4.83. The minimum Gasteiger partial charge on any atom is -0.340 e. The predicted octanol–water partition coefficient (Wildman–Crippen LogP) is 4.08. The first kappa shape index (κ1) is 19.7. The third-order valence-electron chi connectivity index (χ3n) is 3.78. The summed E-state index contributed by atoms with van der Waals surface area (Å²) < 4.78 is 14.0. The van der Waals surface area contributed by atoms with E-state index < -0.39 is 10.8 Å². The first-order valence-electron chi connectivity index (χ1n) is 8.43. The number of imidazole rings is 1. The van der Waals surface area contributed by atoms with Crippen molar-refractivity contribution >= 4 is 33.9 Å². The second kappa shape index (κ2) is 9.26. The molecule has 6 nitrogen and oxygen atoms in total. The number of hydrogen-bond donors (Lipinski definition) is 0. The van der Waals surface area contributed by atoms with Gasteiger partial charge in [-0.15, -0.1) is 11.3 Å². The molecule has 3 aromatic heterocycles. The molecule has 0 aliphatic heterocycles. The van der Waals surface area contributed by atoms with Crippen LogP contribution >= 0.6 is 23.1 Å². The largest absolute Gasteiger partial charge is 0.340 e.